The summed E-state index contributed by atoms with van der Waals surface area (Å²) >= 11 is 6.27. The van der Waals surface area contributed by atoms with Crippen LogP contribution in [0.15, 0.2) is 35.3 Å². The molecule has 24 heavy (non-hydrogen) atoms. The van der Waals surface area contributed by atoms with Crippen molar-refractivity contribution in [1.29, 1.82) is 0 Å². The molecule has 1 aromatic carbocycles. The number of aromatic nitrogens is 1. The average Bonchev–Trinajstić information content (AvgIpc) is 3.03. The molecule has 5 nitrogen and oxygen atoms in total. The smallest absolute Gasteiger partial charge is 0.257 e. The van der Waals surface area contributed by atoms with Gasteiger partial charge < -0.3 is 15.0 Å². The Balaban J connectivity index is 1.71. The van der Waals surface area contributed by atoms with Crippen LogP contribution in [0.1, 0.15) is 41.6 Å². The number of H-pyrrole nitrogens is 1. The lowest BCUT2D eigenvalue weighted by molar-refractivity contribution is 0.102. The van der Waals surface area contributed by atoms with Gasteiger partial charge >= 0.3 is 0 Å². The highest BCUT2D eigenvalue weighted by Crippen LogP contribution is 2.31. The summed E-state index contributed by atoms with van der Waals surface area (Å²) < 4.78 is 5.90. The van der Waals surface area contributed by atoms with E-state index in [2.05, 4.69) is 10.3 Å². The lowest BCUT2D eigenvalue weighted by Crippen LogP contribution is -2.17. The summed E-state index contributed by atoms with van der Waals surface area (Å²) in [6, 6.07) is 6.59. The Morgan fingerprint density at radius 3 is 2.71 bits per heavy atom. The van der Waals surface area contributed by atoms with E-state index in [0.717, 1.165) is 12.8 Å². The molecule has 2 aromatic rings. The molecule has 2 N–H and O–H groups in total. The topological polar surface area (TPSA) is 71.2 Å². The number of rotatable bonds is 4. The lowest BCUT2D eigenvalue weighted by atomic mass is 10.1. The number of aromatic amines is 1. The van der Waals surface area contributed by atoms with Gasteiger partial charge in [-0.25, -0.2) is 0 Å². The number of carbonyl (C=O) groups is 1. The number of aryl methyl sites for hydroxylation is 1. The van der Waals surface area contributed by atoms with Gasteiger partial charge in [0.2, 0.25) is 5.56 Å². The molecule has 1 heterocycles. The van der Waals surface area contributed by atoms with E-state index in [4.69, 9.17) is 16.3 Å². The number of nitrogens with one attached hydrogen (secondary N) is 2. The molecule has 6 heteroatoms. The number of carbonyl (C=O) groups excluding carboxylic acids is 1. The molecule has 0 bridgehead atoms. The molecule has 1 aliphatic rings. The van der Waals surface area contributed by atoms with E-state index >= 15 is 0 Å². The molecule has 1 saturated carbocycles. The summed E-state index contributed by atoms with van der Waals surface area (Å²) in [6.45, 7) is 1.72. The Morgan fingerprint density at radius 2 is 2.04 bits per heavy atom. The van der Waals surface area contributed by atoms with Gasteiger partial charge in [-0.15, -0.1) is 0 Å². The third-order valence-electron chi connectivity index (χ3n) is 4.16. The zero-order chi connectivity index (χ0) is 17.1. The van der Waals surface area contributed by atoms with Crippen LogP contribution in [0.2, 0.25) is 5.02 Å². The summed E-state index contributed by atoms with van der Waals surface area (Å²) in [5.74, 6) is 0.339. The fourth-order valence-corrected chi connectivity index (χ4v) is 3.10. The molecule has 1 aliphatic carbocycles. The van der Waals surface area contributed by atoms with Crippen LogP contribution in [0.3, 0.4) is 0 Å². The molecule has 1 aromatic heterocycles. The van der Waals surface area contributed by atoms with Crippen LogP contribution in [0.25, 0.3) is 0 Å². The maximum absolute atomic E-state index is 12.3. The number of benzene rings is 1. The van der Waals surface area contributed by atoms with Crippen molar-refractivity contribution in [2.45, 2.75) is 38.7 Å². The SMILES string of the molecule is Cc1cc(=O)[nH]cc1C(=O)Nc1ccc(OC2CCCC2)c(Cl)c1. The fourth-order valence-electron chi connectivity index (χ4n) is 2.88. The molecular formula is C18H19ClN2O3. The minimum absolute atomic E-state index is 0.228. The number of hydrogen-bond acceptors (Lipinski definition) is 3. The first-order valence-corrected chi connectivity index (χ1v) is 8.37. The first-order chi connectivity index (χ1) is 11.5. The summed E-state index contributed by atoms with van der Waals surface area (Å²) in [7, 11) is 0. The average molecular weight is 347 g/mol. The molecule has 0 aliphatic heterocycles. The standard InChI is InChI=1S/C18H19ClN2O3/c1-11-8-17(22)20-10-14(11)18(23)21-12-6-7-16(15(19)9-12)24-13-4-2-3-5-13/h6-10,13H,2-5H2,1H3,(H,20,22)(H,21,23). The van der Waals surface area contributed by atoms with Crippen molar-refractivity contribution in [2.24, 2.45) is 0 Å². The monoisotopic (exact) mass is 346 g/mol. The number of anilines is 1. The van der Waals surface area contributed by atoms with E-state index in [9.17, 15) is 9.59 Å². The van der Waals surface area contributed by atoms with Crippen molar-refractivity contribution in [3.8, 4) is 5.75 Å². The molecule has 3 rings (SSSR count). The summed E-state index contributed by atoms with van der Waals surface area (Å²) in [4.78, 5) is 26.0. The first kappa shape index (κ1) is 16.6. The number of pyridine rings is 1. The summed E-state index contributed by atoms with van der Waals surface area (Å²) in [5, 5.41) is 3.25. The Kier molecular flexibility index (Phi) is 4.90. The minimum atomic E-state index is -0.302. The molecule has 0 saturated heterocycles. The van der Waals surface area contributed by atoms with Crippen molar-refractivity contribution >= 4 is 23.2 Å². The van der Waals surface area contributed by atoms with Gasteiger partial charge in [0.15, 0.2) is 0 Å². The van der Waals surface area contributed by atoms with Crippen molar-refractivity contribution < 1.29 is 9.53 Å². The van der Waals surface area contributed by atoms with E-state index in [-0.39, 0.29) is 17.6 Å². The quantitative estimate of drug-likeness (QED) is 0.881. The maximum atomic E-state index is 12.3. The second-order valence-electron chi connectivity index (χ2n) is 6.02. The third kappa shape index (κ3) is 3.79. The van der Waals surface area contributed by atoms with Gasteiger partial charge in [-0.1, -0.05) is 11.6 Å². The van der Waals surface area contributed by atoms with Gasteiger partial charge in [-0.2, -0.15) is 0 Å². The molecule has 1 amide bonds. The molecule has 0 atom stereocenters. The van der Waals surface area contributed by atoms with Crippen LogP contribution < -0.4 is 15.6 Å². The van der Waals surface area contributed by atoms with Crippen molar-refractivity contribution in [3.05, 3.63) is 57.0 Å². The first-order valence-electron chi connectivity index (χ1n) is 8.00. The largest absolute Gasteiger partial charge is 0.489 e. The Labute approximate surface area is 145 Å². The summed E-state index contributed by atoms with van der Waals surface area (Å²) in [5.41, 5.74) is 1.37. The predicted octanol–water partition coefficient (Wildman–Crippen LogP) is 3.91. The maximum Gasteiger partial charge on any atom is 0.257 e. The summed E-state index contributed by atoms with van der Waals surface area (Å²) in [6.07, 6.45) is 6.13. The minimum Gasteiger partial charge on any atom is -0.489 e. The van der Waals surface area contributed by atoms with Crippen molar-refractivity contribution in [3.63, 3.8) is 0 Å². The molecular weight excluding hydrogens is 328 g/mol. The van der Waals surface area contributed by atoms with Crippen LogP contribution >= 0.6 is 11.6 Å². The van der Waals surface area contributed by atoms with Gasteiger partial charge in [0.05, 0.1) is 16.7 Å². The molecule has 0 spiro atoms. The predicted molar refractivity (Wildman–Crippen MR) is 94.1 cm³/mol. The molecule has 126 valence electrons. The van der Waals surface area contributed by atoms with Crippen LogP contribution in [-0.2, 0) is 0 Å². The fraction of sp³-hybridized carbons (Fsp3) is 0.333. The Morgan fingerprint density at radius 1 is 1.29 bits per heavy atom. The van der Waals surface area contributed by atoms with Gasteiger partial charge in [-0.3, -0.25) is 9.59 Å². The lowest BCUT2D eigenvalue weighted by Gasteiger charge is -2.15. The van der Waals surface area contributed by atoms with Crippen molar-refractivity contribution in [1.82, 2.24) is 4.98 Å². The second-order valence-corrected chi connectivity index (χ2v) is 6.42. The van der Waals surface area contributed by atoms with Gasteiger partial charge in [0, 0.05) is 18.0 Å². The van der Waals surface area contributed by atoms with Gasteiger partial charge in [0.1, 0.15) is 5.75 Å². The van der Waals surface area contributed by atoms with Gasteiger partial charge in [-0.05, 0) is 56.4 Å². The van der Waals surface area contributed by atoms with Crippen LogP contribution in [0, 0.1) is 6.92 Å². The second kappa shape index (κ2) is 7.09. The highest BCUT2D eigenvalue weighted by atomic mass is 35.5. The molecule has 0 unspecified atom stereocenters. The van der Waals surface area contributed by atoms with Crippen molar-refractivity contribution in [2.75, 3.05) is 5.32 Å². The number of amides is 1. The molecule has 0 radical (unpaired) electrons. The van der Waals surface area contributed by atoms with Crippen LogP contribution in [0.4, 0.5) is 5.69 Å². The zero-order valence-corrected chi connectivity index (χ0v) is 14.2. The van der Waals surface area contributed by atoms with E-state index in [0.29, 0.717) is 27.6 Å². The molecule has 1 fully saturated rings. The van der Waals surface area contributed by atoms with E-state index in [1.807, 2.05) is 0 Å². The zero-order valence-electron chi connectivity index (χ0n) is 13.4. The van der Waals surface area contributed by atoms with E-state index in [1.165, 1.54) is 25.1 Å². The van der Waals surface area contributed by atoms with Crippen LogP contribution in [-0.4, -0.2) is 17.0 Å². The highest BCUT2D eigenvalue weighted by Gasteiger charge is 2.18. The Bertz CT molecular complexity index is 810. The van der Waals surface area contributed by atoms with Crippen LogP contribution in [0.5, 0.6) is 5.75 Å². The Hall–Kier alpha value is -2.27. The number of hydrogen-bond donors (Lipinski definition) is 2. The number of halogens is 1. The normalized spacial score (nSPS) is 14.6. The van der Waals surface area contributed by atoms with E-state index in [1.54, 1.807) is 25.1 Å². The number of ether oxygens (including phenoxy) is 1. The van der Waals surface area contributed by atoms with E-state index < -0.39 is 0 Å². The van der Waals surface area contributed by atoms with Gasteiger partial charge in [0.25, 0.3) is 5.91 Å². The third-order valence-corrected chi connectivity index (χ3v) is 4.46. The highest BCUT2D eigenvalue weighted by molar-refractivity contribution is 6.32.